The van der Waals surface area contributed by atoms with Gasteiger partial charge in [0.15, 0.2) is 0 Å². The lowest BCUT2D eigenvalue weighted by Crippen LogP contribution is -2.38. The van der Waals surface area contributed by atoms with Gasteiger partial charge < -0.3 is 15.5 Å². The van der Waals surface area contributed by atoms with Crippen molar-refractivity contribution >= 4 is 56.8 Å². The molecule has 10 heteroatoms. The number of nitrogens with zero attached hydrogens (tertiary/aromatic N) is 2. The Labute approximate surface area is 208 Å². The predicted octanol–water partition coefficient (Wildman–Crippen LogP) is 4.86. The van der Waals surface area contributed by atoms with Crippen LogP contribution in [-0.4, -0.2) is 52.1 Å². The lowest BCUT2D eigenvalue weighted by Gasteiger charge is -2.28. The van der Waals surface area contributed by atoms with Crippen molar-refractivity contribution in [2.45, 2.75) is 0 Å². The van der Waals surface area contributed by atoms with Gasteiger partial charge in [-0.25, -0.2) is 9.37 Å². The van der Waals surface area contributed by atoms with E-state index in [1.54, 1.807) is 48.7 Å². The zero-order chi connectivity index (χ0) is 24.1. The van der Waals surface area contributed by atoms with Crippen LogP contribution in [0.15, 0.2) is 65.3 Å². The molecule has 0 spiro atoms. The minimum Gasteiger partial charge on any atom is -0.355 e. The Morgan fingerprint density at radius 3 is 2.44 bits per heavy atom. The van der Waals surface area contributed by atoms with Crippen molar-refractivity contribution in [3.63, 3.8) is 0 Å². The molecule has 0 aliphatic carbocycles. The molecular weight excluding hydrogens is 521 g/mol. The van der Waals surface area contributed by atoms with Gasteiger partial charge in [0.05, 0.1) is 16.8 Å². The average Bonchev–Trinajstić information content (AvgIpc) is 2.85. The van der Waals surface area contributed by atoms with Gasteiger partial charge in [-0.05, 0) is 52.3 Å². The molecule has 0 atom stereocenters. The van der Waals surface area contributed by atoms with Crippen LogP contribution in [0.5, 0.6) is 0 Å². The summed E-state index contributed by atoms with van der Waals surface area (Å²) in [6.07, 6.45) is 1.56. The lowest BCUT2D eigenvalue weighted by molar-refractivity contribution is 0.102. The monoisotopic (exact) mass is 541 g/mol. The molecule has 3 aromatic rings. The third-order valence-electron chi connectivity index (χ3n) is 5.20. The summed E-state index contributed by atoms with van der Waals surface area (Å²) < 4.78 is 15.6. The number of pyridine rings is 1. The summed E-state index contributed by atoms with van der Waals surface area (Å²) in [5, 5.41) is 13.7. The van der Waals surface area contributed by atoms with Gasteiger partial charge in [0.25, 0.3) is 11.8 Å². The minimum absolute atomic E-state index is 0.171. The second kappa shape index (κ2) is 10.8. The highest BCUT2D eigenvalue weighted by Crippen LogP contribution is 2.21. The molecular formula is C24H21BrFN5O2S. The molecule has 174 valence electrons. The molecule has 34 heavy (non-hydrogen) atoms. The van der Waals surface area contributed by atoms with Crippen molar-refractivity contribution < 1.29 is 14.0 Å². The van der Waals surface area contributed by atoms with Crippen molar-refractivity contribution in [2.75, 3.05) is 35.2 Å². The predicted molar refractivity (Wildman–Crippen MR) is 136 cm³/mol. The quantitative estimate of drug-likeness (QED) is 0.316. The lowest BCUT2D eigenvalue weighted by atomic mass is 10.1. The van der Waals surface area contributed by atoms with E-state index in [1.165, 1.54) is 12.1 Å². The smallest absolute Gasteiger partial charge is 0.258 e. The number of aromatic nitrogens is 1. The van der Waals surface area contributed by atoms with Gasteiger partial charge in [-0.2, -0.15) is 11.8 Å². The molecule has 2 amide bonds. The first-order valence-electron chi connectivity index (χ1n) is 10.5. The Balaban J connectivity index is 1.49. The molecule has 1 aliphatic rings. The Hall–Kier alpha value is -3.24. The zero-order valence-corrected chi connectivity index (χ0v) is 20.4. The van der Waals surface area contributed by atoms with E-state index in [0.717, 1.165) is 29.1 Å². The van der Waals surface area contributed by atoms with E-state index < -0.39 is 17.6 Å². The largest absolute Gasteiger partial charge is 0.355 e. The third kappa shape index (κ3) is 5.63. The standard InChI is InChI=1S/C24H21BrFN5O2S/c25-16-6-8-21(28-14-16)30-24(33)18-3-1-2-4-20(18)29-23(32)17-7-5-15(13-19(17)26)22(27)31-9-11-34-12-10-31/h1-8,13-14,27H,9-12H2,(H,29,32)(H,28,30,33). The molecule has 1 fully saturated rings. The molecule has 4 rings (SSSR count). The van der Waals surface area contributed by atoms with Crippen LogP contribution in [0.3, 0.4) is 0 Å². The fraction of sp³-hybridized carbons (Fsp3) is 0.167. The first-order chi connectivity index (χ1) is 16.4. The fourth-order valence-corrected chi connectivity index (χ4v) is 4.57. The van der Waals surface area contributed by atoms with E-state index in [0.29, 0.717) is 11.4 Å². The number of amidine groups is 1. The van der Waals surface area contributed by atoms with Gasteiger partial charge in [-0.1, -0.05) is 18.2 Å². The molecule has 2 aromatic carbocycles. The Morgan fingerprint density at radius 2 is 1.74 bits per heavy atom. The maximum Gasteiger partial charge on any atom is 0.258 e. The summed E-state index contributed by atoms with van der Waals surface area (Å²) in [4.78, 5) is 31.6. The molecule has 0 radical (unpaired) electrons. The molecule has 1 saturated heterocycles. The summed E-state index contributed by atoms with van der Waals surface area (Å²) in [7, 11) is 0. The van der Waals surface area contributed by atoms with E-state index >= 15 is 0 Å². The van der Waals surface area contributed by atoms with E-state index in [2.05, 4.69) is 31.5 Å². The summed E-state index contributed by atoms with van der Waals surface area (Å²) in [6, 6.07) is 14.0. The molecule has 1 aliphatic heterocycles. The van der Waals surface area contributed by atoms with E-state index in [-0.39, 0.29) is 22.6 Å². The van der Waals surface area contributed by atoms with Gasteiger partial charge >= 0.3 is 0 Å². The fourth-order valence-electron chi connectivity index (χ4n) is 3.43. The summed E-state index contributed by atoms with van der Waals surface area (Å²) in [5.41, 5.74) is 0.699. The number of amides is 2. The van der Waals surface area contributed by atoms with E-state index in [4.69, 9.17) is 5.41 Å². The number of halogens is 2. The van der Waals surface area contributed by atoms with Crippen molar-refractivity contribution in [1.82, 2.24) is 9.88 Å². The number of benzene rings is 2. The first-order valence-corrected chi connectivity index (χ1v) is 12.4. The highest BCUT2D eigenvalue weighted by molar-refractivity contribution is 9.10. The third-order valence-corrected chi connectivity index (χ3v) is 6.61. The molecule has 7 nitrogen and oxygen atoms in total. The number of carbonyl (C=O) groups is 2. The topological polar surface area (TPSA) is 98.2 Å². The number of hydrogen-bond acceptors (Lipinski definition) is 5. The van der Waals surface area contributed by atoms with Crippen LogP contribution < -0.4 is 10.6 Å². The number of thioether (sulfide) groups is 1. The Kier molecular flexibility index (Phi) is 7.59. The second-order valence-corrected chi connectivity index (χ2v) is 9.60. The van der Waals surface area contributed by atoms with Crippen molar-refractivity contribution in [3.05, 3.63) is 87.8 Å². The average molecular weight is 542 g/mol. The second-order valence-electron chi connectivity index (χ2n) is 7.46. The van der Waals surface area contributed by atoms with Crippen LogP contribution >= 0.6 is 27.7 Å². The van der Waals surface area contributed by atoms with E-state index in [1.807, 2.05) is 16.7 Å². The van der Waals surface area contributed by atoms with Gasteiger partial charge in [0, 0.05) is 40.8 Å². The van der Waals surface area contributed by atoms with Crippen molar-refractivity contribution in [1.29, 1.82) is 5.41 Å². The van der Waals surface area contributed by atoms with E-state index in [9.17, 15) is 14.0 Å². The summed E-state index contributed by atoms with van der Waals surface area (Å²) in [6.45, 7) is 1.48. The maximum atomic E-state index is 14.8. The SMILES string of the molecule is N=C(c1ccc(C(=O)Nc2ccccc2C(=O)Nc2ccc(Br)cn2)c(F)c1)N1CCSCC1. The molecule has 0 saturated carbocycles. The van der Waals surface area contributed by atoms with Gasteiger partial charge in [-0.3, -0.25) is 15.0 Å². The molecule has 1 aromatic heterocycles. The minimum atomic E-state index is -0.730. The van der Waals surface area contributed by atoms with Crippen LogP contribution in [0.1, 0.15) is 26.3 Å². The zero-order valence-electron chi connectivity index (χ0n) is 18.0. The van der Waals surface area contributed by atoms with Crippen LogP contribution in [-0.2, 0) is 0 Å². The number of carbonyl (C=O) groups excluding carboxylic acids is 2. The highest BCUT2D eigenvalue weighted by atomic mass is 79.9. The number of hydrogen-bond donors (Lipinski definition) is 3. The Bertz CT molecular complexity index is 1230. The molecule has 0 bridgehead atoms. The van der Waals surface area contributed by atoms with Gasteiger partial charge in [0.2, 0.25) is 0 Å². The first kappa shape index (κ1) is 23.9. The van der Waals surface area contributed by atoms with Gasteiger partial charge in [0.1, 0.15) is 17.5 Å². The number of rotatable bonds is 5. The molecule has 0 unspecified atom stereocenters. The van der Waals surface area contributed by atoms with Crippen LogP contribution in [0.2, 0.25) is 0 Å². The molecule has 3 N–H and O–H groups in total. The number of anilines is 2. The van der Waals surface area contributed by atoms with Crippen LogP contribution in [0, 0.1) is 11.2 Å². The van der Waals surface area contributed by atoms with Crippen molar-refractivity contribution in [2.24, 2.45) is 0 Å². The van der Waals surface area contributed by atoms with Crippen LogP contribution in [0.4, 0.5) is 15.9 Å². The maximum absolute atomic E-state index is 14.8. The van der Waals surface area contributed by atoms with Crippen molar-refractivity contribution in [3.8, 4) is 0 Å². The summed E-state index contributed by atoms with van der Waals surface area (Å²) in [5.74, 6) is 0.570. The number of para-hydroxylation sites is 1. The summed E-state index contributed by atoms with van der Waals surface area (Å²) >= 11 is 5.11. The Morgan fingerprint density at radius 1 is 1.00 bits per heavy atom. The number of nitrogens with one attached hydrogen (secondary N) is 3. The molecule has 2 heterocycles. The highest BCUT2D eigenvalue weighted by Gasteiger charge is 2.20. The van der Waals surface area contributed by atoms with Crippen LogP contribution in [0.25, 0.3) is 0 Å². The normalized spacial score (nSPS) is 13.3. The van der Waals surface area contributed by atoms with Gasteiger partial charge in [-0.15, -0.1) is 0 Å².